The normalized spacial score (nSPS) is 29.3. The fraction of sp³-hybridized carbons (Fsp3) is 0.800. The SMILES string of the molecule is CCc1n[nH]c(CN2[C@H](C(=O)OC)C[C@H]3CCCC[C@@H]32)n1. The maximum atomic E-state index is 12.1. The molecule has 1 saturated heterocycles. The third-order valence-corrected chi connectivity index (χ3v) is 4.92. The van der Waals surface area contributed by atoms with Crippen LogP contribution in [0.3, 0.4) is 0 Å². The molecule has 1 N–H and O–H groups in total. The van der Waals surface area contributed by atoms with Crippen LogP contribution < -0.4 is 0 Å². The lowest BCUT2D eigenvalue weighted by molar-refractivity contribution is -0.146. The van der Waals surface area contributed by atoms with E-state index in [0.717, 1.165) is 24.5 Å². The zero-order valence-corrected chi connectivity index (χ0v) is 12.8. The Morgan fingerprint density at radius 3 is 2.95 bits per heavy atom. The van der Waals surface area contributed by atoms with Crippen molar-refractivity contribution >= 4 is 5.97 Å². The number of esters is 1. The van der Waals surface area contributed by atoms with Gasteiger partial charge in [0.25, 0.3) is 0 Å². The van der Waals surface area contributed by atoms with E-state index in [1.807, 2.05) is 6.92 Å². The second-order valence-electron chi connectivity index (χ2n) is 6.11. The second-order valence-corrected chi connectivity index (χ2v) is 6.11. The van der Waals surface area contributed by atoms with Crippen molar-refractivity contribution < 1.29 is 9.53 Å². The van der Waals surface area contributed by atoms with Crippen molar-refractivity contribution in [2.45, 2.75) is 64.1 Å². The number of ether oxygens (including phenoxy) is 1. The second kappa shape index (κ2) is 6.13. The Kier molecular flexibility index (Phi) is 4.24. The van der Waals surface area contributed by atoms with Gasteiger partial charge >= 0.3 is 5.97 Å². The van der Waals surface area contributed by atoms with Gasteiger partial charge in [0.1, 0.15) is 17.7 Å². The number of nitrogens with one attached hydrogen (secondary N) is 1. The Bertz CT molecular complexity index is 502. The summed E-state index contributed by atoms with van der Waals surface area (Å²) in [6.07, 6.45) is 6.68. The number of carbonyl (C=O) groups is 1. The van der Waals surface area contributed by atoms with Crippen molar-refractivity contribution in [1.29, 1.82) is 0 Å². The van der Waals surface area contributed by atoms with Crippen LogP contribution in [0.4, 0.5) is 0 Å². The molecule has 1 aromatic rings. The van der Waals surface area contributed by atoms with Crippen molar-refractivity contribution in [3.63, 3.8) is 0 Å². The average molecular weight is 292 g/mol. The van der Waals surface area contributed by atoms with E-state index in [4.69, 9.17) is 4.74 Å². The van der Waals surface area contributed by atoms with Crippen LogP contribution in [-0.4, -0.2) is 45.2 Å². The van der Waals surface area contributed by atoms with Crippen molar-refractivity contribution in [1.82, 2.24) is 20.1 Å². The van der Waals surface area contributed by atoms with E-state index < -0.39 is 0 Å². The molecule has 2 heterocycles. The molecule has 6 heteroatoms. The Morgan fingerprint density at radius 1 is 1.43 bits per heavy atom. The standard InChI is InChI=1S/C15H24N4O2/c1-3-13-16-14(18-17-13)9-19-11-7-5-4-6-10(11)8-12(19)15(20)21-2/h10-12H,3-9H2,1-2H3,(H,16,17,18)/t10-,11+,12+/m1/s1. The van der Waals surface area contributed by atoms with E-state index in [2.05, 4.69) is 20.1 Å². The van der Waals surface area contributed by atoms with Gasteiger partial charge in [-0.2, -0.15) is 5.10 Å². The summed E-state index contributed by atoms with van der Waals surface area (Å²) >= 11 is 0. The summed E-state index contributed by atoms with van der Waals surface area (Å²) in [4.78, 5) is 18.9. The molecule has 1 saturated carbocycles. The number of methoxy groups -OCH3 is 1. The molecule has 0 radical (unpaired) electrons. The zero-order chi connectivity index (χ0) is 14.8. The number of hydrogen-bond acceptors (Lipinski definition) is 5. The largest absolute Gasteiger partial charge is 0.468 e. The first-order chi connectivity index (χ1) is 10.2. The van der Waals surface area contributed by atoms with Crippen molar-refractivity contribution in [2.75, 3.05) is 7.11 Å². The molecule has 0 aromatic carbocycles. The molecule has 3 rings (SSSR count). The van der Waals surface area contributed by atoms with Crippen LogP contribution in [0.15, 0.2) is 0 Å². The fourth-order valence-electron chi connectivity index (χ4n) is 3.88. The first-order valence-corrected chi connectivity index (χ1v) is 7.96. The van der Waals surface area contributed by atoms with Crippen molar-refractivity contribution in [3.05, 3.63) is 11.6 Å². The van der Waals surface area contributed by atoms with E-state index >= 15 is 0 Å². The number of aryl methyl sites for hydroxylation is 1. The third-order valence-electron chi connectivity index (χ3n) is 4.92. The molecule has 0 unspecified atom stereocenters. The van der Waals surface area contributed by atoms with E-state index in [0.29, 0.717) is 18.5 Å². The monoisotopic (exact) mass is 292 g/mol. The quantitative estimate of drug-likeness (QED) is 0.855. The molecule has 0 bridgehead atoms. The zero-order valence-electron chi connectivity index (χ0n) is 12.8. The number of rotatable bonds is 4. The van der Waals surface area contributed by atoms with Crippen LogP contribution in [-0.2, 0) is 22.5 Å². The number of likely N-dealkylation sites (tertiary alicyclic amines) is 1. The molecular formula is C15H24N4O2. The average Bonchev–Trinajstić information content (AvgIpc) is 3.12. The highest BCUT2D eigenvalue weighted by molar-refractivity contribution is 5.76. The summed E-state index contributed by atoms with van der Waals surface area (Å²) in [5.74, 6) is 2.20. The molecule has 1 aliphatic heterocycles. The molecule has 3 atom stereocenters. The minimum Gasteiger partial charge on any atom is -0.468 e. The maximum Gasteiger partial charge on any atom is 0.323 e. The maximum absolute atomic E-state index is 12.1. The lowest BCUT2D eigenvalue weighted by atomic mass is 9.85. The Labute approximate surface area is 125 Å². The minimum atomic E-state index is -0.127. The highest BCUT2D eigenvalue weighted by atomic mass is 16.5. The number of aromatic nitrogens is 3. The van der Waals surface area contributed by atoms with Gasteiger partial charge in [0.15, 0.2) is 0 Å². The van der Waals surface area contributed by atoms with Gasteiger partial charge in [0, 0.05) is 12.5 Å². The first kappa shape index (κ1) is 14.5. The van der Waals surface area contributed by atoms with E-state index in [1.165, 1.54) is 32.8 Å². The van der Waals surface area contributed by atoms with Gasteiger partial charge in [0.05, 0.1) is 13.7 Å². The molecule has 2 aliphatic rings. The number of nitrogens with zero attached hydrogens (tertiary/aromatic N) is 3. The Balaban J connectivity index is 1.78. The number of hydrogen-bond donors (Lipinski definition) is 1. The van der Waals surface area contributed by atoms with Crippen LogP contribution in [0.1, 0.15) is 50.7 Å². The number of aromatic amines is 1. The summed E-state index contributed by atoms with van der Waals surface area (Å²) < 4.78 is 5.01. The molecule has 1 aromatic heterocycles. The van der Waals surface area contributed by atoms with Gasteiger partial charge in [0.2, 0.25) is 0 Å². The predicted octanol–water partition coefficient (Wildman–Crippen LogP) is 1.67. The number of fused-ring (bicyclic) bond motifs is 1. The summed E-state index contributed by atoms with van der Waals surface area (Å²) in [5.41, 5.74) is 0. The van der Waals surface area contributed by atoms with Crippen LogP contribution in [0, 0.1) is 5.92 Å². The molecule has 21 heavy (non-hydrogen) atoms. The smallest absolute Gasteiger partial charge is 0.323 e. The summed E-state index contributed by atoms with van der Waals surface area (Å²) in [6, 6.07) is 0.358. The Hall–Kier alpha value is -1.43. The van der Waals surface area contributed by atoms with Gasteiger partial charge < -0.3 is 4.74 Å². The highest BCUT2D eigenvalue weighted by Gasteiger charge is 2.45. The fourth-order valence-corrected chi connectivity index (χ4v) is 3.88. The van der Waals surface area contributed by atoms with E-state index in [9.17, 15) is 4.79 Å². The molecular weight excluding hydrogens is 268 g/mol. The predicted molar refractivity (Wildman–Crippen MR) is 77.5 cm³/mol. The van der Waals surface area contributed by atoms with Crippen molar-refractivity contribution in [3.8, 4) is 0 Å². The van der Waals surface area contributed by atoms with Crippen LogP contribution in [0.5, 0.6) is 0 Å². The summed E-state index contributed by atoms with van der Waals surface area (Å²) in [6.45, 7) is 2.70. The molecule has 0 spiro atoms. The summed E-state index contributed by atoms with van der Waals surface area (Å²) in [7, 11) is 1.48. The van der Waals surface area contributed by atoms with E-state index in [-0.39, 0.29) is 12.0 Å². The van der Waals surface area contributed by atoms with Gasteiger partial charge in [-0.05, 0) is 25.2 Å². The van der Waals surface area contributed by atoms with E-state index in [1.54, 1.807) is 0 Å². The minimum absolute atomic E-state index is 0.111. The van der Waals surface area contributed by atoms with Gasteiger partial charge in [-0.25, -0.2) is 4.98 Å². The van der Waals surface area contributed by atoms with Gasteiger partial charge in [-0.15, -0.1) is 0 Å². The molecule has 6 nitrogen and oxygen atoms in total. The van der Waals surface area contributed by atoms with Gasteiger partial charge in [-0.1, -0.05) is 19.8 Å². The lowest BCUT2D eigenvalue weighted by Crippen LogP contribution is -2.42. The van der Waals surface area contributed by atoms with Gasteiger partial charge in [-0.3, -0.25) is 14.8 Å². The topological polar surface area (TPSA) is 71.1 Å². The molecule has 0 amide bonds. The Morgan fingerprint density at radius 2 is 2.24 bits per heavy atom. The third kappa shape index (κ3) is 2.81. The molecule has 116 valence electrons. The number of carbonyl (C=O) groups excluding carboxylic acids is 1. The molecule has 2 fully saturated rings. The van der Waals surface area contributed by atoms with Crippen molar-refractivity contribution in [2.24, 2.45) is 5.92 Å². The lowest BCUT2D eigenvalue weighted by Gasteiger charge is -2.32. The van der Waals surface area contributed by atoms with Crippen LogP contribution >= 0.6 is 0 Å². The van der Waals surface area contributed by atoms with Crippen LogP contribution in [0.25, 0.3) is 0 Å². The van der Waals surface area contributed by atoms with Crippen LogP contribution in [0.2, 0.25) is 0 Å². The number of H-pyrrole nitrogens is 1. The summed E-state index contributed by atoms with van der Waals surface area (Å²) in [5, 5.41) is 7.19. The molecule has 1 aliphatic carbocycles. The highest BCUT2D eigenvalue weighted by Crippen LogP contribution is 2.40. The first-order valence-electron chi connectivity index (χ1n) is 7.96.